The molecule has 1 aliphatic rings. The minimum atomic E-state index is -0.260. The summed E-state index contributed by atoms with van der Waals surface area (Å²) in [7, 11) is 1.90. The zero-order valence-electron chi connectivity index (χ0n) is 17.5. The van der Waals surface area contributed by atoms with E-state index in [1.807, 2.05) is 84.3 Å². The van der Waals surface area contributed by atoms with Crippen LogP contribution in [0.2, 0.25) is 0 Å². The number of carbonyl (C=O) groups excluding carboxylic acids is 1. The monoisotopic (exact) mass is 416 g/mol. The molecular weight excluding hydrogens is 392 g/mol. The molecule has 1 aliphatic heterocycles. The molecule has 1 N–H and O–H groups in total. The lowest BCUT2D eigenvalue weighted by atomic mass is 10.1. The summed E-state index contributed by atoms with van der Waals surface area (Å²) in [5.41, 5.74) is 3.53. The first-order valence-electron chi connectivity index (χ1n) is 10.3. The molecule has 0 spiro atoms. The van der Waals surface area contributed by atoms with Crippen LogP contribution < -0.4 is 9.47 Å². The summed E-state index contributed by atoms with van der Waals surface area (Å²) in [5.74, 6) is 1.39. The standard InChI is InChI=1S/C24H24N4O3/c1-16-11-19(27(2)26-16)13-28(14-20-15-30-22-5-3-4-6-23(22)31-20)24(29)18-7-8-21-17(12-18)9-10-25-21/h3-12,20,25H,13-15H2,1-2H3. The maximum atomic E-state index is 13.5. The number of hydrogen-bond donors (Lipinski definition) is 1. The van der Waals surface area contributed by atoms with Crippen molar-refractivity contribution in [2.75, 3.05) is 13.2 Å². The van der Waals surface area contributed by atoms with Crippen LogP contribution in [-0.4, -0.2) is 44.8 Å². The summed E-state index contributed by atoms with van der Waals surface area (Å²) in [5, 5.41) is 5.43. The van der Waals surface area contributed by atoms with Crippen LogP contribution in [0.4, 0.5) is 0 Å². The SMILES string of the molecule is Cc1cc(CN(CC2COc3ccccc3O2)C(=O)c2ccc3[nH]ccc3c2)n(C)n1. The number of aromatic nitrogens is 3. The molecule has 0 fully saturated rings. The van der Waals surface area contributed by atoms with Gasteiger partial charge in [0.25, 0.3) is 5.91 Å². The molecule has 7 heteroatoms. The lowest BCUT2D eigenvalue weighted by Gasteiger charge is -2.31. The van der Waals surface area contributed by atoms with Gasteiger partial charge < -0.3 is 19.4 Å². The van der Waals surface area contributed by atoms with E-state index in [0.717, 1.165) is 28.0 Å². The molecule has 4 aromatic rings. The molecule has 31 heavy (non-hydrogen) atoms. The van der Waals surface area contributed by atoms with E-state index < -0.39 is 0 Å². The van der Waals surface area contributed by atoms with Crippen LogP contribution >= 0.6 is 0 Å². The van der Waals surface area contributed by atoms with E-state index in [4.69, 9.17) is 9.47 Å². The molecule has 7 nitrogen and oxygen atoms in total. The van der Waals surface area contributed by atoms with E-state index >= 15 is 0 Å². The second kappa shape index (κ2) is 7.83. The summed E-state index contributed by atoms with van der Waals surface area (Å²) >= 11 is 0. The summed E-state index contributed by atoms with van der Waals surface area (Å²) in [6.45, 7) is 3.18. The number of aromatic amines is 1. The zero-order chi connectivity index (χ0) is 21.4. The number of aryl methyl sites for hydroxylation is 2. The fraction of sp³-hybridized carbons (Fsp3) is 0.250. The predicted molar refractivity (Wildman–Crippen MR) is 117 cm³/mol. The van der Waals surface area contributed by atoms with E-state index in [-0.39, 0.29) is 12.0 Å². The number of ether oxygens (including phenoxy) is 2. The fourth-order valence-corrected chi connectivity index (χ4v) is 3.99. The summed E-state index contributed by atoms with van der Waals surface area (Å²) in [6.07, 6.45) is 1.61. The molecule has 5 rings (SSSR count). The summed E-state index contributed by atoms with van der Waals surface area (Å²) in [6, 6.07) is 17.3. The normalized spacial score (nSPS) is 15.2. The Morgan fingerprint density at radius 3 is 2.84 bits per heavy atom. The minimum Gasteiger partial charge on any atom is -0.486 e. The number of H-pyrrole nitrogens is 1. The molecule has 1 atom stereocenters. The lowest BCUT2D eigenvalue weighted by Crippen LogP contribution is -2.43. The third-order valence-corrected chi connectivity index (χ3v) is 5.53. The number of nitrogens with zero attached hydrogens (tertiary/aromatic N) is 3. The molecule has 0 bridgehead atoms. The highest BCUT2D eigenvalue weighted by atomic mass is 16.6. The van der Waals surface area contributed by atoms with Crippen molar-refractivity contribution in [3.63, 3.8) is 0 Å². The molecule has 0 aliphatic carbocycles. The molecule has 2 aromatic carbocycles. The number of amides is 1. The second-order valence-electron chi connectivity index (χ2n) is 7.86. The van der Waals surface area contributed by atoms with Crippen molar-refractivity contribution < 1.29 is 14.3 Å². The minimum absolute atomic E-state index is 0.0515. The predicted octanol–water partition coefficient (Wildman–Crippen LogP) is 3.69. The largest absolute Gasteiger partial charge is 0.486 e. The molecule has 0 radical (unpaired) electrons. The van der Waals surface area contributed by atoms with Crippen molar-refractivity contribution in [3.8, 4) is 11.5 Å². The number of para-hydroxylation sites is 2. The zero-order valence-corrected chi connectivity index (χ0v) is 17.5. The molecule has 0 saturated heterocycles. The number of carbonyl (C=O) groups is 1. The maximum Gasteiger partial charge on any atom is 0.254 e. The first kappa shape index (κ1) is 19.2. The Balaban J connectivity index is 1.42. The third-order valence-electron chi connectivity index (χ3n) is 5.53. The van der Waals surface area contributed by atoms with E-state index in [9.17, 15) is 4.79 Å². The molecule has 2 aromatic heterocycles. The third kappa shape index (κ3) is 3.86. The average molecular weight is 416 g/mol. The van der Waals surface area contributed by atoms with Crippen LogP contribution in [0.15, 0.2) is 60.8 Å². The smallest absolute Gasteiger partial charge is 0.254 e. The van der Waals surface area contributed by atoms with Gasteiger partial charge in [-0.3, -0.25) is 9.48 Å². The Morgan fingerprint density at radius 2 is 2.03 bits per heavy atom. The lowest BCUT2D eigenvalue weighted by molar-refractivity contribution is 0.0439. The Kier molecular flexibility index (Phi) is 4.86. The highest BCUT2D eigenvalue weighted by Crippen LogP contribution is 2.31. The average Bonchev–Trinajstić information content (AvgIpc) is 3.37. The van der Waals surface area contributed by atoms with Crippen molar-refractivity contribution >= 4 is 16.8 Å². The van der Waals surface area contributed by atoms with Gasteiger partial charge in [-0.25, -0.2) is 0 Å². The Bertz CT molecular complexity index is 1240. The molecule has 1 unspecified atom stereocenters. The highest BCUT2D eigenvalue weighted by Gasteiger charge is 2.27. The van der Waals surface area contributed by atoms with Gasteiger partial charge in [0.2, 0.25) is 0 Å². The maximum absolute atomic E-state index is 13.5. The molecular formula is C24H24N4O3. The van der Waals surface area contributed by atoms with Crippen LogP contribution in [0.25, 0.3) is 10.9 Å². The van der Waals surface area contributed by atoms with Crippen LogP contribution in [0.1, 0.15) is 21.7 Å². The molecule has 1 amide bonds. The fourth-order valence-electron chi connectivity index (χ4n) is 3.99. The van der Waals surface area contributed by atoms with Crippen LogP contribution in [0.5, 0.6) is 11.5 Å². The van der Waals surface area contributed by atoms with Gasteiger partial charge in [-0.1, -0.05) is 12.1 Å². The van der Waals surface area contributed by atoms with Gasteiger partial charge in [0.05, 0.1) is 24.5 Å². The van der Waals surface area contributed by atoms with E-state index in [0.29, 0.717) is 31.0 Å². The van der Waals surface area contributed by atoms with Gasteiger partial charge in [-0.2, -0.15) is 5.10 Å². The van der Waals surface area contributed by atoms with Gasteiger partial charge in [0, 0.05) is 29.7 Å². The van der Waals surface area contributed by atoms with E-state index in [2.05, 4.69) is 10.1 Å². The molecule has 3 heterocycles. The molecule has 158 valence electrons. The summed E-state index contributed by atoms with van der Waals surface area (Å²) in [4.78, 5) is 18.5. The van der Waals surface area contributed by atoms with Crippen molar-refractivity contribution in [1.82, 2.24) is 19.7 Å². The number of fused-ring (bicyclic) bond motifs is 2. The topological polar surface area (TPSA) is 72.4 Å². The van der Waals surface area contributed by atoms with Crippen molar-refractivity contribution in [2.24, 2.45) is 7.05 Å². The Hall–Kier alpha value is -3.74. The van der Waals surface area contributed by atoms with Crippen molar-refractivity contribution in [1.29, 1.82) is 0 Å². The number of rotatable bonds is 5. The highest BCUT2D eigenvalue weighted by molar-refractivity contribution is 5.98. The first-order chi connectivity index (χ1) is 15.1. The van der Waals surface area contributed by atoms with Crippen LogP contribution in [-0.2, 0) is 13.6 Å². The Morgan fingerprint density at radius 1 is 1.19 bits per heavy atom. The number of benzene rings is 2. The van der Waals surface area contributed by atoms with Crippen LogP contribution in [0.3, 0.4) is 0 Å². The van der Waals surface area contributed by atoms with Gasteiger partial charge in [-0.15, -0.1) is 0 Å². The van der Waals surface area contributed by atoms with Crippen LogP contribution in [0, 0.1) is 6.92 Å². The summed E-state index contributed by atoms with van der Waals surface area (Å²) < 4.78 is 13.8. The van der Waals surface area contributed by atoms with Crippen molar-refractivity contribution in [2.45, 2.75) is 19.6 Å². The van der Waals surface area contributed by atoms with Gasteiger partial charge in [-0.05, 0) is 49.4 Å². The van der Waals surface area contributed by atoms with Crippen molar-refractivity contribution in [3.05, 3.63) is 77.7 Å². The van der Waals surface area contributed by atoms with Gasteiger partial charge in [0.1, 0.15) is 6.61 Å². The molecule has 0 saturated carbocycles. The van der Waals surface area contributed by atoms with Gasteiger partial charge in [0.15, 0.2) is 17.6 Å². The Labute approximate surface area is 180 Å². The van der Waals surface area contributed by atoms with Gasteiger partial charge >= 0.3 is 0 Å². The second-order valence-corrected chi connectivity index (χ2v) is 7.86. The first-order valence-corrected chi connectivity index (χ1v) is 10.3. The number of nitrogens with one attached hydrogen (secondary N) is 1. The van der Waals surface area contributed by atoms with E-state index in [1.165, 1.54) is 0 Å². The quantitative estimate of drug-likeness (QED) is 0.539. The number of hydrogen-bond acceptors (Lipinski definition) is 4. The van der Waals surface area contributed by atoms with E-state index in [1.54, 1.807) is 0 Å².